The number of ether oxygens (including phenoxy) is 1. The molecule has 0 aromatic heterocycles. The van der Waals surface area contributed by atoms with Crippen LogP contribution in [0.25, 0.3) is 0 Å². The molecule has 4 nitrogen and oxygen atoms in total. The molecular weight excluding hydrogens is 240 g/mol. The van der Waals surface area contributed by atoms with Crippen LogP contribution in [0, 0.1) is 5.41 Å². The van der Waals surface area contributed by atoms with Crippen LogP contribution >= 0.6 is 0 Å². The number of para-hydroxylation sites is 1. The summed E-state index contributed by atoms with van der Waals surface area (Å²) in [4.78, 5) is 13.7. The van der Waals surface area contributed by atoms with E-state index in [1.54, 1.807) is 11.9 Å². The highest BCUT2D eigenvalue weighted by molar-refractivity contribution is 5.77. The molecule has 0 bridgehead atoms. The van der Waals surface area contributed by atoms with E-state index in [4.69, 9.17) is 10.5 Å². The smallest absolute Gasteiger partial charge is 0.260 e. The van der Waals surface area contributed by atoms with E-state index in [2.05, 4.69) is 20.8 Å². The molecule has 0 saturated heterocycles. The van der Waals surface area contributed by atoms with Crippen molar-refractivity contribution in [3.63, 3.8) is 0 Å². The molecule has 106 valence electrons. The van der Waals surface area contributed by atoms with Gasteiger partial charge >= 0.3 is 0 Å². The van der Waals surface area contributed by atoms with Crippen molar-refractivity contribution < 1.29 is 9.53 Å². The number of carbonyl (C=O) groups excluding carboxylic acids is 1. The minimum absolute atomic E-state index is 0.0262. The lowest BCUT2D eigenvalue weighted by atomic mass is 9.96. The summed E-state index contributed by atoms with van der Waals surface area (Å²) in [6, 6.07) is 7.51. The van der Waals surface area contributed by atoms with Gasteiger partial charge in [0.1, 0.15) is 5.75 Å². The Kier molecular flexibility index (Phi) is 5.36. The fourth-order valence-corrected chi connectivity index (χ4v) is 1.86. The van der Waals surface area contributed by atoms with Crippen molar-refractivity contribution in [2.45, 2.75) is 27.3 Å². The minimum Gasteiger partial charge on any atom is -0.483 e. The van der Waals surface area contributed by atoms with Crippen LogP contribution in [0.4, 0.5) is 0 Å². The zero-order valence-corrected chi connectivity index (χ0v) is 12.3. The van der Waals surface area contributed by atoms with E-state index in [1.807, 2.05) is 24.3 Å². The highest BCUT2D eigenvalue weighted by Gasteiger charge is 2.18. The Morgan fingerprint density at radius 2 is 1.95 bits per heavy atom. The summed E-state index contributed by atoms with van der Waals surface area (Å²) in [5.74, 6) is 0.657. The van der Waals surface area contributed by atoms with Crippen molar-refractivity contribution in [3.8, 4) is 5.75 Å². The number of hydrogen-bond acceptors (Lipinski definition) is 3. The Morgan fingerprint density at radius 1 is 1.32 bits per heavy atom. The zero-order valence-electron chi connectivity index (χ0n) is 12.3. The Morgan fingerprint density at radius 3 is 2.53 bits per heavy atom. The lowest BCUT2D eigenvalue weighted by Gasteiger charge is -2.26. The van der Waals surface area contributed by atoms with Crippen molar-refractivity contribution in [1.82, 2.24) is 4.90 Å². The van der Waals surface area contributed by atoms with Gasteiger partial charge in [-0.2, -0.15) is 0 Å². The second kappa shape index (κ2) is 6.57. The Labute approximate surface area is 115 Å². The quantitative estimate of drug-likeness (QED) is 0.885. The highest BCUT2D eigenvalue weighted by atomic mass is 16.5. The summed E-state index contributed by atoms with van der Waals surface area (Å²) in [6.45, 7) is 7.45. The number of nitrogens with zero attached hydrogens (tertiary/aromatic N) is 1. The van der Waals surface area contributed by atoms with E-state index in [0.29, 0.717) is 18.8 Å². The summed E-state index contributed by atoms with van der Waals surface area (Å²) >= 11 is 0. The zero-order chi connectivity index (χ0) is 14.5. The maximum Gasteiger partial charge on any atom is 0.260 e. The number of likely N-dealkylation sites (N-methyl/N-ethyl adjacent to an activating group) is 1. The average Bonchev–Trinajstić information content (AvgIpc) is 2.34. The molecule has 1 amide bonds. The average molecular weight is 264 g/mol. The van der Waals surface area contributed by atoms with E-state index in [0.717, 1.165) is 5.56 Å². The number of amides is 1. The molecule has 1 rings (SSSR count). The molecule has 1 aromatic rings. The van der Waals surface area contributed by atoms with Gasteiger partial charge in [-0.05, 0) is 11.5 Å². The van der Waals surface area contributed by atoms with E-state index >= 15 is 0 Å². The fraction of sp³-hybridized carbons (Fsp3) is 0.533. The molecule has 19 heavy (non-hydrogen) atoms. The van der Waals surface area contributed by atoms with Gasteiger partial charge in [0.15, 0.2) is 6.61 Å². The molecule has 0 heterocycles. The number of benzene rings is 1. The molecule has 0 fully saturated rings. The highest BCUT2D eigenvalue weighted by Crippen LogP contribution is 2.18. The second-order valence-corrected chi connectivity index (χ2v) is 5.91. The van der Waals surface area contributed by atoms with Crippen LogP contribution in [0.2, 0.25) is 0 Å². The third-order valence-corrected chi connectivity index (χ3v) is 2.68. The first-order valence-electron chi connectivity index (χ1n) is 6.48. The van der Waals surface area contributed by atoms with Crippen molar-refractivity contribution in [1.29, 1.82) is 0 Å². The lowest BCUT2D eigenvalue weighted by molar-refractivity contribution is -0.133. The number of carbonyl (C=O) groups is 1. The van der Waals surface area contributed by atoms with Gasteiger partial charge in [-0.1, -0.05) is 39.0 Å². The normalized spacial score (nSPS) is 11.2. The molecule has 2 N–H and O–H groups in total. The molecule has 0 unspecified atom stereocenters. The fourth-order valence-electron chi connectivity index (χ4n) is 1.86. The maximum absolute atomic E-state index is 12.0. The van der Waals surface area contributed by atoms with Gasteiger partial charge in [0, 0.05) is 25.7 Å². The summed E-state index contributed by atoms with van der Waals surface area (Å²) in [5, 5.41) is 0. The van der Waals surface area contributed by atoms with Crippen molar-refractivity contribution >= 4 is 5.91 Å². The Bertz CT molecular complexity index is 424. The summed E-state index contributed by atoms with van der Waals surface area (Å²) in [5.41, 5.74) is 6.62. The van der Waals surface area contributed by atoms with E-state index in [9.17, 15) is 4.79 Å². The van der Waals surface area contributed by atoms with Crippen molar-refractivity contribution in [3.05, 3.63) is 29.8 Å². The first-order valence-corrected chi connectivity index (χ1v) is 6.48. The maximum atomic E-state index is 12.0. The van der Waals surface area contributed by atoms with Crippen molar-refractivity contribution in [2.75, 3.05) is 20.2 Å². The molecule has 0 aliphatic rings. The Balaban J connectivity index is 2.54. The molecular formula is C15H24N2O2. The topological polar surface area (TPSA) is 55.6 Å². The molecule has 0 spiro atoms. The van der Waals surface area contributed by atoms with Crippen LogP contribution in [0.1, 0.15) is 26.3 Å². The van der Waals surface area contributed by atoms with Gasteiger partial charge in [0.25, 0.3) is 5.91 Å². The van der Waals surface area contributed by atoms with Crippen LogP contribution in [0.15, 0.2) is 24.3 Å². The molecule has 0 saturated carbocycles. The van der Waals surface area contributed by atoms with Gasteiger partial charge in [-0.15, -0.1) is 0 Å². The van der Waals surface area contributed by atoms with Crippen LogP contribution in [0.5, 0.6) is 5.75 Å². The summed E-state index contributed by atoms with van der Waals surface area (Å²) in [6.07, 6.45) is 0. The molecule has 0 radical (unpaired) electrons. The van der Waals surface area contributed by atoms with Gasteiger partial charge in [0.2, 0.25) is 0 Å². The van der Waals surface area contributed by atoms with Crippen LogP contribution in [-0.2, 0) is 11.3 Å². The van der Waals surface area contributed by atoms with Gasteiger partial charge < -0.3 is 15.4 Å². The minimum atomic E-state index is -0.0262. The number of rotatable bonds is 5. The van der Waals surface area contributed by atoms with Gasteiger partial charge in [-0.3, -0.25) is 4.79 Å². The third kappa shape index (κ3) is 5.30. The predicted molar refractivity (Wildman–Crippen MR) is 76.9 cm³/mol. The molecule has 0 atom stereocenters. The first-order chi connectivity index (χ1) is 8.83. The summed E-state index contributed by atoms with van der Waals surface area (Å²) < 4.78 is 5.55. The summed E-state index contributed by atoms with van der Waals surface area (Å²) in [7, 11) is 1.80. The van der Waals surface area contributed by atoms with Crippen LogP contribution in [0.3, 0.4) is 0 Å². The van der Waals surface area contributed by atoms with Crippen molar-refractivity contribution in [2.24, 2.45) is 11.1 Å². The number of hydrogen-bond donors (Lipinski definition) is 1. The van der Waals surface area contributed by atoms with Gasteiger partial charge in [-0.25, -0.2) is 0 Å². The standard InChI is InChI=1S/C15H24N2O2/c1-15(2,3)11-17(4)14(18)10-19-13-8-6-5-7-12(13)9-16/h5-8H,9-11,16H2,1-4H3. The second-order valence-electron chi connectivity index (χ2n) is 5.91. The van der Waals surface area contributed by atoms with E-state index in [-0.39, 0.29) is 17.9 Å². The van der Waals surface area contributed by atoms with E-state index < -0.39 is 0 Å². The molecule has 4 heteroatoms. The third-order valence-electron chi connectivity index (χ3n) is 2.68. The van der Waals surface area contributed by atoms with Crippen LogP contribution < -0.4 is 10.5 Å². The lowest BCUT2D eigenvalue weighted by Crippen LogP contribution is -2.37. The molecule has 0 aliphatic heterocycles. The molecule has 0 aliphatic carbocycles. The monoisotopic (exact) mass is 264 g/mol. The SMILES string of the molecule is CN(CC(C)(C)C)C(=O)COc1ccccc1CN. The van der Waals surface area contributed by atoms with Gasteiger partial charge in [0.05, 0.1) is 0 Å². The van der Waals surface area contributed by atoms with Crippen LogP contribution in [-0.4, -0.2) is 31.0 Å². The molecule has 1 aromatic carbocycles. The largest absolute Gasteiger partial charge is 0.483 e. The van der Waals surface area contributed by atoms with E-state index in [1.165, 1.54) is 0 Å². The first kappa shape index (κ1) is 15.5. The predicted octanol–water partition coefficient (Wildman–Crippen LogP) is 2.03. The Hall–Kier alpha value is -1.55. The number of nitrogens with two attached hydrogens (primary N) is 1.